The minimum atomic E-state index is -4.39. The average molecular weight is 364 g/mol. The number of alkyl halides is 3. The molecule has 0 radical (unpaired) electrons. The first-order valence-corrected chi connectivity index (χ1v) is 8.50. The van der Waals surface area contributed by atoms with Crippen molar-refractivity contribution in [3.05, 3.63) is 71.3 Å². The first-order chi connectivity index (χ1) is 12.4. The van der Waals surface area contributed by atoms with E-state index in [1.807, 2.05) is 30.3 Å². The average Bonchev–Trinajstić information content (AvgIpc) is 2.59. The zero-order chi connectivity index (χ0) is 19.0. The Bertz CT molecular complexity index is 702. The Balaban J connectivity index is 1.75. The fourth-order valence-corrected chi connectivity index (χ4v) is 2.75. The predicted molar refractivity (Wildman–Crippen MR) is 95.6 cm³/mol. The van der Waals surface area contributed by atoms with Crippen molar-refractivity contribution in [2.75, 3.05) is 20.1 Å². The zero-order valence-electron chi connectivity index (χ0n) is 14.7. The molecule has 0 saturated heterocycles. The first kappa shape index (κ1) is 20.0. The van der Waals surface area contributed by atoms with Crippen molar-refractivity contribution in [3.8, 4) is 0 Å². The maximum Gasteiger partial charge on any atom is 0.416 e. The van der Waals surface area contributed by atoms with Crippen molar-refractivity contribution >= 4 is 5.91 Å². The second-order valence-corrected chi connectivity index (χ2v) is 6.27. The molecule has 2 aromatic rings. The topological polar surface area (TPSA) is 32.3 Å². The van der Waals surface area contributed by atoms with Crippen molar-refractivity contribution < 1.29 is 18.0 Å². The molecule has 0 atom stereocenters. The van der Waals surface area contributed by atoms with Crippen LogP contribution in [-0.4, -0.2) is 30.9 Å². The zero-order valence-corrected chi connectivity index (χ0v) is 14.7. The van der Waals surface area contributed by atoms with E-state index in [1.54, 1.807) is 18.0 Å². The van der Waals surface area contributed by atoms with Gasteiger partial charge in [0.25, 0.3) is 0 Å². The number of aryl methyl sites for hydroxylation is 1. The largest absolute Gasteiger partial charge is 0.416 e. The third-order valence-electron chi connectivity index (χ3n) is 3.98. The van der Waals surface area contributed by atoms with Gasteiger partial charge in [0.15, 0.2) is 0 Å². The van der Waals surface area contributed by atoms with Crippen LogP contribution in [0.3, 0.4) is 0 Å². The number of hydrogen-bond acceptors (Lipinski definition) is 2. The van der Waals surface area contributed by atoms with Gasteiger partial charge in [0.05, 0.1) is 12.1 Å². The van der Waals surface area contributed by atoms with Crippen molar-refractivity contribution in [3.63, 3.8) is 0 Å². The van der Waals surface area contributed by atoms with E-state index in [9.17, 15) is 18.0 Å². The number of nitrogens with zero attached hydrogens (tertiary/aromatic N) is 1. The van der Waals surface area contributed by atoms with Gasteiger partial charge in [0, 0.05) is 13.1 Å². The van der Waals surface area contributed by atoms with Crippen LogP contribution in [0.5, 0.6) is 0 Å². The molecule has 0 spiro atoms. The molecule has 26 heavy (non-hydrogen) atoms. The fraction of sp³-hybridized carbons (Fsp3) is 0.350. The molecule has 2 aromatic carbocycles. The van der Waals surface area contributed by atoms with Crippen LogP contribution < -0.4 is 5.32 Å². The second kappa shape index (κ2) is 9.38. The number of amides is 1. The van der Waals surface area contributed by atoms with E-state index in [-0.39, 0.29) is 24.6 Å². The number of hydrogen-bond donors (Lipinski definition) is 1. The van der Waals surface area contributed by atoms with Crippen LogP contribution >= 0.6 is 0 Å². The molecule has 0 aliphatic rings. The summed E-state index contributed by atoms with van der Waals surface area (Å²) >= 11 is 0. The van der Waals surface area contributed by atoms with Crippen molar-refractivity contribution in [2.24, 2.45) is 0 Å². The summed E-state index contributed by atoms with van der Waals surface area (Å²) in [6.07, 6.45) is -2.70. The Morgan fingerprint density at radius 2 is 1.69 bits per heavy atom. The van der Waals surface area contributed by atoms with E-state index in [0.717, 1.165) is 18.9 Å². The van der Waals surface area contributed by atoms with Crippen LogP contribution in [-0.2, 0) is 23.9 Å². The van der Waals surface area contributed by atoms with Gasteiger partial charge in [-0.1, -0.05) is 48.5 Å². The fourth-order valence-electron chi connectivity index (χ4n) is 2.75. The molecule has 3 nitrogen and oxygen atoms in total. The van der Waals surface area contributed by atoms with E-state index < -0.39 is 11.7 Å². The third-order valence-corrected chi connectivity index (χ3v) is 3.98. The summed E-state index contributed by atoms with van der Waals surface area (Å²) in [4.78, 5) is 13.5. The summed E-state index contributed by atoms with van der Waals surface area (Å²) in [7, 11) is 1.64. The van der Waals surface area contributed by atoms with E-state index in [2.05, 4.69) is 5.32 Å². The predicted octanol–water partition coefficient (Wildman–Crippen LogP) is 3.89. The standard InChI is InChI=1S/C20H23F3N2O/c1-25(14-17-11-5-6-12-18(17)20(21,22)23)15-19(26)24-13-7-10-16-8-3-2-4-9-16/h2-6,8-9,11-12H,7,10,13-15H2,1H3,(H,24,26). The SMILES string of the molecule is CN(CC(=O)NCCCc1ccccc1)Cc1ccccc1C(F)(F)F. The van der Waals surface area contributed by atoms with Gasteiger partial charge in [-0.05, 0) is 37.1 Å². The van der Waals surface area contributed by atoms with Crippen LogP contribution in [0, 0.1) is 0 Å². The van der Waals surface area contributed by atoms with Gasteiger partial charge in [-0.15, -0.1) is 0 Å². The number of halogens is 3. The summed E-state index contributed by atoms with van der Waals surface area (Å²) in [6, 6.07) is 15.4. The molecule has 0 aromatic heterocycles. The molecule has 0 saturated carbocycles. The van der Waals surface area contributed by atoms with Crippen molar-refractivity contribution in [1.29, 1.82) is 0 Å². The molecule has 1 amide bonds. The smallest absolute Gasteiger partial charge is 0.355 e. The van der Waals surface area contributed by atoms with Crippen LogP contribution in [0.2, 0.25) is 0 Å². The molecule has 1 N–H and O–H groups in total. The number of nitrogens with one attached hydrogen (secondary N) is 1. The van der Waals surface area contributed by atoms with E-state index in [1.165, 1.54) is 17.7 Å². The molecule has 0 heterocycles. The summed E-state index contributed by atoms with van der Waals surface area (Å²) in [5, 5.41) is 2.81. The first-order valence-electron chi connectivity index (χ1n) is 8.50. The lowest BCUT2D eigenvalue weighted by Crippen LogP contribution is -2.35. The molecule has 6 heteroatoms. The summed E-state index contributed by atoms with van der Waals surface area (Å²) < 4.78 is 39.0. The van der Waals surface area contributed by atoms with Crippen LogP contribution in [0.4, 0.5) is 13.2 Å². The molecular formula is C20H23F3N2O. The van der Waals surface area contributed by atoms with Crippen LogP contribution in [0.25, 0.3) is 0 Å². The Morgan fingerprint density at radius 1 is 1.04 bits per heavy atom. The third kappa shape index (κ3) is 6.52. The van der Waals surface area contributed by atoms with Gasteiger partial charge in [0.1, 0.15) is 0 Å². The van der Waals surface area contributed by atoms with E-state index in [4.69, 9.17) is 0 Å². The molecular weight excluding hydrogens is 341 g/mol. The van der Waals surface area contributed by atoms with Gasteiger partial charge in [-0.25, -0.2) is 0 Å². The monoisotopic (exact) mass is 364 g/mol. The Labute approximate surface area is 151 Å². The minimum Gasteiger partial charge on any atom is -0.355 e. The maximum absolute atomic E-state index is 13.0. The Kier molecular flexibility index (Phi) is 7.21. The molecule has 0 bridgehead atoms. The highest BCUT2D eigenvalue weighted by Crippen LogP contribution is 2.32. The van der Waals surface area contributed by atoms with Crippen LogP contribution in [0.15, 0.2) is 54.6 Å². The summed E-state index contributed by atoms with van der Waals surface area (Å²) in [5.74, 6) is -0.190. The number of likely N-dealkylation sites (N-methyl/N-ethyl adjacent to an activating group) is 1. The lowest BCUT2D eigenvalue weighted by molar-refractivity contribution is -0.138. The van der Waals surface area contributed by atoms with Gasteiger partial charge in [0.2, 0.25) is 5.91 Å². The molecule has 0 fully saturated rings. The van der Waals surface area contributed by atoms with Crippen molar-refractivity contribution in [2.45, 2.75) is 25.6 Å². The number of carbonyl (C=O) groups is 1. The lowest BCUT2D eigenvalue weighted by Gasteiger charge is -2.19. The highest BCUT2D eigenvalue weighted by molar-refractivity contribution is 5.77. The maximum atomic E-state index is 13.0. The Morgan fingerprint density at radius 3 is 2.38 bits per heavy atom. The molecule has 0 aliphatic carbocycles. The van der Waals surface area contributed by atoms with Gasteiger partial charge < -0.3 is 5.32 Å². The molecule has 2 rings (SSSR count). The van der Waals surface area contributed by atoms with Crippen molar-refractivity contribution in [1.82, 2.24) is 10.2 Å². The number of carbonyl (C=O) groups excluding carboxylic acids is 1. The summed E-state index contributed by atoms with van der Waals surface area (Å²) in [5.41, 5.74) is 0.720. The van der Waals surface area contributed by atoms with Gasteiger partial charge >= 0.3 is 6.18 Å². The molecule has 140 valence electrons. The lowest BCUT2D eigenvalue weighted by atomic mass is 10.1. The quantitative estimate of drug-likeness (QED) is 0.721. The van der Waals surface area contributed by atoms with Gasteiger partial charge in [-0.2, -0.15) is 13.2 Å². The normalized spacial score (nSPS) is 11.6. The highest BCUT2D eigenvalue weighted by atomic mass is 19.4. The number of benzene rings is 2. The Hall–Kier alpha value is -2.34. The van der Waals surface area contributed by atoms with E-state index >= 15 is 0 Å². The van der Waals surface area contributed by atoms with Gasteiger partial charge in [-0.3, -0.25) is 9.69 Å². The van der Waals surface area contributed by atoms with E-state index in [0.29, 0.717) is 6.54 Å². The molecule has 0 aliphatic heterocycles. The minimum absolute atomic E-state index is 0.0531. The summed E-state index contributed by atoms with van der Waals surface area (Å²) in [6.45, 7) is 0.658. The second-order valence-electron chi connectivity index (χ2n) is 6.27. The number of rotatable bonds is 8. The highest BCUT2D eigenvalue weighted by Gasteiger charge is 2.33. The molecule has 0 unspecified atom stereocenters. The van der Waals surface area contributed by atoms with Crippen LogP contribution in [0.1, 0.15) is 23.1 Å².